The molecule has 0 amide bonds. The Labute approximate surface area is 216 Å². The second-order valence-corrected chi connectivity index (χ2v) is 8.59. The predicted octanol–water partition coefficient (Wildman–Crippen LogP) is 4.50. The Kier molecular flexibility index (Phi) is 8.32. The van der Waals surface area contributed by atoms with Gasteiger partial charge >= 0.3 is 0 Å². The fraction of sp³-hybridized carbons (Fsp3) is 0.259. The van der Waals surface area contributed by atoms with Crippen LogP contribution < -0.4 is 10.6 Å². The van der Waals surface area contributed by atoms with Crippen molar-refractivity contribution in [2.24, 2.45) is 4.99 Å². The number of rotatable bonds is 11. The zero-order valence-corrected chi connectivity index (χ0v) is 21.3. The summed E-state index contributed by atoms with van der Waals surface area (Å²) in [6.45, 7) is 11.1. The van der Waals surface area contributed by atoms with Gasteiger partial charge in [0.1, 0.15) is 11.3 Å². The number of pyridine rings is 2. The van der Waals surface area contributed by atoms with E-state index in [-0.39, 0.29) is 12.6 Å². The molecule has 0 atom stereocenters. The number of fused-ring (bicyclic) bond motifs is 1. The van der Waals surface area contributed by atoms with Crippen molar-refractivity contribution in [1.29, 1.82) is 0 Å². The Morgan fingerprint density at radius 1 is 1.11 bits per heavy atom. The van der Waals surface area contributed by atoms with E-state index in [1.54, 1.807) is 24.9 Å². The molecule has 0 aliphatic rings. The molecule has 0 aliphatic heterocycles. The molecule has 0 aliphatic carbocycles. The molecular weight excluding hydrogens is 466 g/mol. The number of anilines is 2. The minimum absolute atomic E-state index is 0.0369. The van der Waals surface area contributed by atoms with Gasteiger partial charge in [-0.05, 0) is 44.5 Å². The summed E-state index contributed by atoms with van der Waals surface area (Å²) < 4.78 is 2.02. The van der Waals surface area contributed by atoms with Crippen molar-refractivity contribution in [3.63, 3.8) is 0 Å². The Hall–Kier alpha value is -4.44. The van der Waals surface area contributed by atoms with Crippen molar-refractivity contribution in [3.05, 3.63) is 73.1 Å². The van der Waals surface area contributed by atoms with Gasteiger partial charge in [0.2, 0.25) is 0 Å². The number of aliphatic imine (C=N–C) groups is 1. The lowest BCUT2D eigenvalue weighted by molar-refractivity contribution is 0.311. The summed E-state index contributed by atoms with van der Waals surface area (Å²) in [6.07, 6.45) is 10.6. The second kappa shape index (κ2) is 12.0. The number of hydrogen-bond donors (Lipinski definition) is 3. The lowest BCUT2D eigenvalue weighted by atomic mass is 10.2. The van der Waals surface area contributed by atoms with Crippen LogP contribution in [0.4, 0.5) is 11.6 Å². The smallest absolute Gasteiger partial charge is 0.166 e. The summed E-state index contributed by atoms with van der Waals surface area (Å²) in [5, 5.41) is 15.5. The maximum atomic E-state index is 9.01. The molecule has 10 nitrogen and oxygen atoms in total. The van der Waals surface area contributed by atoms with Crippen molar-refractivity contribution in [2.75, 3.05) is 23.8 Å². The van der Waals surface area contributed by atoms with Crippen molar-refractivity contribution >= 4 is 34.6 Å². The van der Waals surface area contributed by atoms with E-state index >= 15 is 0 Å². The van der Waals surface area contributed by atoms with E-state index in [2.05, 4.69) is 51.0 Å². The molecule has 4 aromatic rings. The summed E-state index contributed by atoms with van der Waals surface area (Å²) in [6, 6.07) is 7.86. The monoisotopic (exact) mass is 497 g/mol. The molecule has 0 bridgehead atoms. The van der Waals surface area contributed by atoms with E-state index < -0.39 is 0 Å². The number of hydrogen-bond acceptors (Lipinski definition) is 9. The average molecular weight is 498 g/mol. The van der Waals surface area contributed by atoms with Crippen LogP contribution in [-0.2, 0) is 6.54 Å². The SMILES string of the molecule is C=C(/C=N\C=C/C)c1ccc(CNc2nc(-c3ccc(NCCO)nc3)nc3c2ncn3C(C)C)cn1. The lowest BCUT2D eigenvalue weighted by Crippen LogP contribution is -2.08. The molecule has 0 aromatic carbocycles. The normalized spacial score (nSPS) is 11.7. The van der Waals surface area contributed by atoms with E-state index in [1.165, 1.54) is 0 Å². The third kappa shape index (κ3) is 6.22. The number of allylic oxidation sites excluding steroid dienone is 2. The number of imidazole rings is 1. The molecular formula is C27H31N9O. The molecule has 10 heteroatoms. The van der Waals surface area contributed by atoms with Crippen LogP contribution in [0, 0.1) is 0 Å². The van der Waals surface area contributed by atoms with E-state index in [1.807, 2.05) is 48.0 Å². The molecule has 4 aromatic heterocycles. The molecule has 190 valence electrons. The van der Waals surface area contributed by atoms with Crippen LogP contribution in [-0.4, -0.2) is 54.0 Å². The number of nitrogens with zero attached hydrogens (tertiary/aromatic N) is 7. The second-order valence-electron chi connectivity index (χ2n) is 8.59. The predicted molar refractivity (Wildman–Crippen MR) is 148 cm³/mol. The number of aliphatic hydroxyl groups is 1. The topological polar surface area (TPSA) is 126 Å². The van der Waals surface area contributed by atoms with Gasteiger partial charge in [-0.2, -0.15) is 0 Å². The van der Waals surface area contributed by atoms with Crippen molar-refractivity contribution in [1.82, 2.24) is 29.5 Å². The number of nitrogens with one attached hydrogen (secondary N) is 2. The van der Waals surface area contributed by atoms with Gasteiger partial charge in [0.05, 0.1) is 18.6 Å². The van der Waals surface area contributed by atoms with Gasteiger partial charge in [-0.15, -0.1) is 0 Å². The highest BCUT2D eigenvalue weighted by atomic mass is 16.3. The molecule has 0 radical (unpaired) electrons. The third-order valence-electron chi connectivity index (χ3n) is 5.50. The third-order valence-corrected chi connectivity index (χ3v) is 5.50. The van der Waals surface area contributed by atoms with Crippen molar-refractivity contribution in [3.8, 4) is 11.4 Å². The molecule has 0 saturated heterocycles. The van der Waals surface area contributed by atoms with Gasteiger partial charge in [0.15, 0.2) is 17.3 Å². The van der Waals surface area contributed by atoms with Gasteiger partial charge in [-0.1, -0.05) is 18.7 Å². The highest BCUT2D eigenvalue weighted by Crippen LogP contribution is 2.26. The van der Waals surface area contributed by atoms with Gasteiger partial charge < -0.3 is 20.3 Å². The quantitative estimate of drug-likeness (QED) is 0.259. The molecule has 0 saturated carbocycles. The Bertz CT molecular complexity index is 1400. The minimum atomic E-state index is 0.0369. The lowest BCUT2D eigenvalue weighted by Gasteiger charge is -2.12. The Morgan fingerprint density at radius 2 is 1.97 bits per heavy atom. The first-order chi connectivity index (χ1) is 18.0. The summed E-state index contributed by atoms with van der Waals surface area (Å²) in [5.41, 5.74) is 4.72. The van der Waals surface area contributed by atoms with Crippen LogP contribution in [0.3, 0.4) is 0 Å². The van der Waals surface area contributed by atoms with Crippen LogP contribution in [0.25, 0.3) is 28.1 Å². The molecule has 0 fully saturated rings. The molecule has 4 rings (SSSR count). The molecule has 3 N–H and O–H groups in total. The van der Waals surface area contributed by atoms with Gasteiger partial charge in [0.25, 0.3) is 0 Å². The first-order valence-electron chi connectivity index (χ1n) is 12.1. The van der Waals surface area contributed by atoms with Gasteiger partial charge in [-0.25, -0.2) is 19.9 Å². The Balaban J connectivity index is 1.59. The van der Waals surface area contributed by atoms with Crippen LogP contribution in [0.2, 0.25) is 0 Å². The number of aliphatic hydroxyl groups excluding tert-OH is 1. The van der Waals surface area contributed by atoms with Crippen LogP contribution >= 0.6 is 0 Å². The van der Waals surface area contributed by atoms with Crippen LogP contribution in [0.15, 0.2) is 66.8 Å². The number of aromatic nitrogens is 6. The standard InChI is InChI=1S/C27H31N9O/c1-5-10-28-13-19(4)22-8-6-20(14-30-22)15-32-26-24-27(36(17-33-24)18(2)3)35-25(34-26)21-7-9-23(31-16-21)29-11-12-37/h5-10,13-14,16-18,37H,4,11-12,15H2,1-3H3,(H,29,31)(H,32,34,35)/b10-5-,28-13-. The minimum Gasteiger partial charge on any atom is -0.395 e. The van der Waals surface area contributed by atoms with Crippen molar-refractivity contribution < 1.29 is 5.11 Å². The first-order valence-corrected chi connectivity index (χ1v) is 12.1. The van der Waals surface area contributed by atoms with Crippen LogP contribution in [0.1, 0.15) is 38.1 Å². The van der Waals surface area contributed by atoms with Crippen molar-refractivity contribution in [2.45, 2.75) is 33.4 Å². The highest BCUT2D eigenvalue weighted by molar-refractivity contribution is 6.08. The first kappa shape index (κ1) is 25.6. The maximum Gasteiger partial charge on any atom is 0.166 e. The highest BCUT2D eigenvalue weighted by Gasteiger charge is 2.16. The van der Waals surface area contributed by atoms with E-state index in [0.717, 1.165) is 28.0 Å². The molecule has 0 spiro atoms. The summed E-state index contributed by atoms with van der Waals surface area (Å²) in [7, 11) is 0. The zero-order valence-electron chi connectivity index (χ0n) is 21.3. The maximum absolute atomic E-state index is 9.01. The summed E-state index contributed by atoms with van der Waals surface area (Å²) >= 11 is 0. The van der Waals surface area contributed by atoms with E-state index in [4.69, 9.17) is 15.1 Å². The molecule has 37 heavy (non-hydrogen) atoms. The van der Waals surface area contributed by atoms with E-state index in [0.29, 0.717) is 36.1 Å². The van der Waals surface area contributed by atoms with Gasteiger partial charge in [0, 0.05) is 55.1 Å². The van der Waals surface area contributed by atoms with Crippen LogP contribution in [0.5, 0.6) is 0 Å². The fourth-order valence-corrected chi connectivity index (χ4v) is 3.55. The zero-order chi connectivity index (χ0) is 26.2. The van der Waals surface area contributed by atoms with E-state index in [9.17, 15) is 0 Å². The molecule has 4 heterocycles. The summed E-state index contributed by atoms with van der Waals surface area (Å²) in [5.74, 6) is 1.86. The largest absolute Gasteiger partial charge is 0.395 e. The fourth-order valence-electron chi connectivity index (χ4n) is 3.55. The Morgan fingerprint density at radius 3 is 2.65 bits per heavy atom. The average Bonchev–Trinajstić information content (AvgIpc) is 3.36. The molecule has 0 unspecified atom stereocenters. The van der Waals surface area contributed by atoms with Gasteiger partial charge in [-0.3, -0.25) is 9.98 Å². The summed E-state index contributed by atoms with van der Waals surface area (Å²) in [4.78, 5) is 27.3.